The Kier molecular flexibility index (Phi) is 7.09. The number of ketones is 1. The lowest BCUT2D eigenvalue weighted by molar-refractivity contribution is -0.115. The van der Waals surface area contributed by atoms with Crippen LogP contribution in [0.15, 0.2) is 89.8 Å². The number of carbonyl (C=O) groups excluding carboxylic acids is 2. The third-order valence-corrected chi connectivity index (χ3v) is 6.56. The van der Waals surface area contributed by atoms with Crippen LogP contribution in [0, 0.1) is 5.82 Å². The first kappa shape index (κ1) is 21.9. The van der Waals surface area contributed by atoms with Gasteiger partial charge in [0.1, 0.15) is 10.7 Å². The predicted octanol–water partition coefficient (Wildman–Crippen LogP) is 6.30. The maximum Gasteiger partial charge on any atom is 0.226 e. The second-order valence-electron chi connectivity index (χ2n) is 6.86. The highest BCUT2D eigenvalue weighted by atomic mass is 32.2. The minimum absolute atomic E-state index is 0.130. The monoisotopic (exact) mass is 462 g/mol. The molecule has 4 rings (SSSR count). The van der Waals surface area contributed by atoms with Gasteiger partial charge in [-0.2, -0.15) is 0 Å². The Morgan fingerprint density at radius 2 is 1.56 bits per heavy atom. The summed E-state index contributed by atoms with van der Waals surface area (Å²) >= 11 is 2.65. The quantitative estimate of drug-likeness (QED) is 0.247. The van der Waals surface area contributed by atoms with Crippen molar-refractivity contribution in [3.05, 3.63) is 101 Å². The smallest absolute Gasteiger partial charge is 0.226 e. The summed E-state index contributed by atoms with van der Waals surface area (Å²) in [6, 6.07) is 24.6. The Bertz CT molecular complexity index is 1210. The number of hydrogen-bond acceptors (Lipinski definition) is 5. The molecule has 0 aliphatic heterocycles. The molecule has 0 fully saturated rings. The number of thioether (sulfide) groups is 1. The molecule has 7 heteroatoms. The van der Waals surface area contributed by atoms with Gasteiger partial charge in [0.25, 0.3) is 0 Å². The van der Waals surface area contributed by atoms with Crippen molar-refractivity contribution in [2.45, 2.75) is 11.3 Å². The molecule has 1 heterocycles. The van der Waals surface area contributed by atoms with E-state index < -0.39 is 0 Å². The average Bonchev–Trinajstić information content (AvgIpc) is 3.24. The van der Waals surface area contributed by atoms with Crippen LogP contribution in [0.5, 0.6) is 0 Å². The van der Waals surface area contributed by atoms with E-state index in [1.807, 2.05) is 48.5 Å². The lowest BCUT2D eigenvalue weighted by Gasteiger charge is -2.02. The Hall–Kier alpha value is -3.29. The fourth-order valence-corrected chi connectivity index (χ4v) is 4.83. The standard InChI is InChI=1S/C25H19FN2O2S2/c26-19-11-13-20(14-12-19)31-16-15-21(29)27-25-28-22(17-7-3-1-4-8-17)24(32-25)23(30)18-9-5-2-6-10-18/h1-14H,15-16H2,(H,27,28,29). The van der Waals surface area contributed by atoms with E-state index in [4.69, 9.17) is 0 Å². The van der Waals surface area contributed by atoms with E-state index in [1.165, 1.54) is 35.2 Å². The molecule has 3 aromatic carbocycles. The summed E-state index contributed by atoms with van der Waals surface area (Å²) in [5.41, 5.74) is 1.94. The molecule has 0 spiro atoms. The molecule has 0 unspecified atom stereocenters. The third kappa shape index (κ3) is 5.49. The van der Waals surface area contributed by atoms with Crippen molar-refractivity contribution < 1.29 is 14.0 Å². The van der Waals surface area contributed by atoms with E-state index in [2.05, 4.69) is 10.3 Å². The van der Waals surface area contributed by atoms with Crippen LogP contribution < -0.4 is 5.32 Å². The highest BCUT2D eigenvalue weighted by Crippen LogP contribution is 2.33. The number of aromatic nitrogens is 1. The number of amides is 1. The molecule has 0 saturated carbocycles. The number of carbonyl (C=O) groups is 2. The second-order valence-corrected chi connectivity index (χ2v) is 9.03. The number of rotatable bonds is 8. The first-order chi connectivity index (χ1) is 15.6. The molecule has 0 bridgehead atoms. The zero-order chi connectivity index (χ0) is 22.3. The van der Waals surface area contributed by atoms with E-state index in [0.29, 0.717) is 27.0 Å². The van der Waals surface area contributed by atoms with Gasteiger partial charge in [-0.1, -0.05) is 72.0 Å². The lowest BCUT2D eigenvalue weighted by Crippen LogP contribution is -2.11. The Morgan fingerprint density at radius 3 is 2.25 bits per heavy atom. The van der Waals surface area contributed by atoms with Gasteiger partial charge in [0.05, 0.1) is 5.69 Å². The summed E-state index contributed by atoms with van der Waals surface area (Å²) in [6.07, 6.45) is 0.268. The Morgan fingerprint density at radius 1 is 0.906 bits per heavy atom. The van der Waals surface area contributed by atoms with E-state index in [1.54, 1.807) is 24.3 Å². The molecular formula is C25H19FN2O2S2. The highest BCUT2D eigenvalue weighted by Gasteiger charge is 2.21. The number of nitrogens with zero attached hydrogens (tertiary/aromatic N) is 1. The molecule has 0 aliphatic rings. The van der Waals surface area contributed by atoms with Crippen molar-refractivity contribution in [1.29, 1.82) is 0 Å². The summed E-state index contributed by atoms with van der Waals surface area (Å²) < 4.78 is 13.0. The number of benzene rings is 3. The van der Waals surface area contributed by atoms with Gasteiger partial charge in [0, 0.05) is 28.2 Å². The fourth-order valence-electron chi connectivity index (χ4n) is 3.01. The molecule has 4 nitrogen and oxygen atoms in total. The van der Waals surface area contributed by atoms with Crippen LogP contribution in [0.2, 0.25) is 0 Å². The minimum Gasteiger partial charge on any atom is -0.302 e. The molecule has 4 aromatic rings. The van der Waals surface area contributed by atoms with Gasteiger partial charge in [-0.25, -0.2) is 9.37 Å². The van der Waals surface area contributed by atoms with Gasteiger partial charge >= 0.3 is 0 Å². The van der Waals surface area contributed by atoms with Crippen LogP contribution in [-0.4, -0.2) is 22.4 Å². The zero-order valence-electron chi connectivity index (χ0n) is 17.0. The third-order valence-electron chi connectivity index (χ3n) is 4.57. The van der Waals surface area contributed by atoms with Gasteiger partial charge in [0.15, 0.2) is 5.13 Å². The summed E-state index contributed by atoms with van der Waals surface area (Å²) in [7, 11) is 0. The average molecular weight is 463 g/mol. The van der Waals surface area contributed by atoms with Crippen molar-refractivity contribution in [2.24, 2.45) is 0 Å². The first-order valence-corrected chi connectivity index (χ1v) is 11.7. The zero-order valence-corrected chi connectivity index (χ0v) is 18.6. The topological polar surface area (TPSA) is 59.1 Å². The molecule has 0 radical (unpaired) electrons. The number of halogens is 1. The van der Waals surface area contributed by atoms with Gasteiger partial charge < -0.3 is 5.32 Å². The summed E-state index contributed by atoms with van der Waals surface area (Å²) in [6.45, 7) is 0. The maximum atomic E-state index is 13.1. The van der Waals surface area contributed by atoms with Crippen LogP contribution >= 0.6 is 23.1 Å². The first-order valence-electron chi connectivity index (χ1n) is 9.94. The van der Waals surface area contributed by atoms with Crippen molar-refractivity contribution >= 4 is 39.9 Å². The van der Waals surface area contributed by atoms with E-state index >= 15 is 0 Å². The predicted molar refractivity (Wildman–Crippen MR) is 128 cm³/mol. The summed E-state index contributed by atoms with van der Waals surface area (Å²) in [5, 5.41) is 3.21. The molecule has 1 aromatic heterocycles. The number of anilines is 1. The van der Waals surface area contributed by atoms with Crippen LogP contribution in [0.4, 0.5) is 9.52 Å². The Balaban J connectivity index is 1.49. The van der Waals surface area contributed by atoms with E-state index in [0.717, 1.165) is 10.5 Å². The number of thiazole rings is 1. The summed E-state index contributed by atoms with van der Waals surface area (Å²) in [4.78, 5) is 31.5. The molecule has 1 N–H and O–H groups in total. The summed E-state index contributed by atoms with van der Waals surface area (Å²) in [5.74, 6) is -0.0589. The molecule has 0 aliphatic carbocycles. The van der Waals surface area contributed by atoms with E-state index in [-0.39, 0.29) is 23.9 Å². The molecular weight excluding hydrogens is 443 g/mol. The fraction of sp³-hybridized carbons (Fsp3) is 0.0800. The van der Waals surface area contributed by atoms with Crippen LogP contribution in [-0.2, 0) is 4.79 Å². The van der Waals surface area contributed by atoms with Crippen LogP contribution in [0.1, 0.15) is 21.7 Å². The Labute approximate surface area is 193 Å². The molecule has 0 atom stereocenters. The van der Waals surface area contributed by atoms with Gasteiger partial charge in [-0.3, -0.25) is 9.59 Å². The second kappa shape index (κ2) is 10.3. The highest BCUT2D eigenvalue weighted by molar-refractivity contribution is 7.99. The van der Waals surface area contributed by atoms with Crippen molar-refractivity contribution in [2.75, 3.05) is 11.1 Å². The van der Waals surface area contributed by atoms with Gasteiger partial charge in [-0.15, -0.1) is 11.8 Å². The molecule has 1 amide bonds. The van der Waals surface area contributed by atoms with Gasteiger partial charge in [0.2, 0.25) is 11.7 Å². The lowest BCUT2D eigenvalue weighted by atomic mass is 10.1. The van der Waals surface area contributed by atoms with Crippen molar-refractivity contribution in [3.8, 4) is 11.3 Å². The maximum absolute atomic E-state index is 13.1. The largest absolute Gasteiger partial charge is 0.302 e. The van der Waals surface area contributed by atoms with Crippen molar-refractivity contribution in [3.63, 3.8) is 0 Å². The number of nitrogens with one attached hydrogen (secondary N) is 1. The van der Waals surface area contributed by atoms with Crippen molar-refractivity contribution in [1.82, 2.24) is 4.98 Å². The minimum atomic E-state index is -0.286. The molecule has 160 valence electrons. The SMILES string of the molecule is O=C(CCSc1ccc(F)cc1)Nc1nc(-c2ccccc2)c(C(=O)c2ccccc2)s1. The van der Waals surface area contributed by atoms with Crippen LogP contribution in [0.25, 0.3) is 11.3 Å². The molecule has 0 saturated heterocycles. The number of hydrogen-bond donors (Lipinski definition) is 1. The van der Waals surface area contributed by atoms with E-state index in [9.17, 15) is 14.0 Å². The molecule has 32 heavy (non-hydrogen) atoms. The van der Waals surface area contributed by atoms with Crippen LogP contribution in [0.3, 0.4) is 0 Å². The normalized spacial score (nSPS) is 10.7. The van der Waals surface area contributed by atoms with Gasteiger partial charge in [-0.05, 0) is 24.3 Å².